The summed E-state index contributed by atoms with van der Waals surface area (Å²) < 4.78 is 5.18. The zero-order valence-electron chi connectivity index (χ0n) is 18.4. The second-order valence-corrected chi connectivity index (χ2v) is 8.31. The van der Waals surface area contributed by atoms with Crippen molar-refractivity contribution in [3.8, 4) is 0 Å². The Labute approximate surface area is 177 Å². The second kappa shape index (κ2) is 8.59. The summed E-state index contributed by atoms with van der Waals surface area (Å²) in [7, 11) is 2.15. The number of piperazine rings is 2. The van der Waals surface area contributed by atoms with Gasteiger partial charge in [0.15, 0.2) is 0 Å². The molecule has 2 aliphatic rings. The smallest absolute Gasteiger partial charge is 0.227 e. The first-order valence-corrected chi connectivity index (χ1v) is 10.6. The average molecular weight is 414 g/mol. The van der Waals surface area contributed by atoms with Crippen molar-refractivity contribution < 1.29 is 9.32 Å². The van der Waals surface area contributed by atoms with E-state index in [4.69, 9.17) is 9.51 Å². The molecule has 4 heterocycles. The van der Waals surface area contributed by atoms with Gasteiger partial charge in [0, 0.05) is 69.7 Å². The van der Waals surface area contributed by atoms with Gasteiger partial charge in [0.25, 0.3) is 0 Å². The molecule has 4 rings (SSSR count). The summed E-state index contributed by atoms with van der Waals surface area (Å²) in [6, 6.07) is 2.07. The Kier molecular flexibility index (Phi) is 5.90. The number of amides is 1. The van der Waals surface area contributed by atoms with Crippen molar-refractivity contribution in [1.29, 1.82) is 0 Å². The topological polar surface area (TPSA) is 81.8 Å². The van der Waals surface area contributed by atoms with Crippen LogP contribution in [0.3, 0.4) is 0 Å². The molecule has 0 aromatic carbocycles. The number of nitrogens with zero attached hydrogens (tertiary/aromatic N) is 7. The van der Waals surface area contributed by atoms with Crippen molar-refractivity contribution in [3.63, 3.8) is 0 Å². The summed E-state index contributed by atoms with van der Waals surface area (Å²) in [5.74, 6) is 2.61. The summed E-state index contributed by atoms with van der Waals surface area (Å²) in [4.78, 5) is 31.1. The maximum atomic E-state index is 12.8. The van der Waals surface area contributed by atoms with Gasteiger partial charge < -0.3 is 24.1 Å². The van der Waals surface area contributed by atoms with Crippen molar-refractivity contribution >= 4 is 17.7 Å². The second-order valence-electron chi connectivity index (χ2n) is 8.31. The fraction of sp³-hybridized carbons (Fsp3) is 0.619. The molecule has 0 bridgehead atoms. The third-order valence-corrected chi connectivity index (χ3v) is 6.08. The normalized spacial score (nSPS) is 18.2. The summed E-state index contributed by atoms with van der Waals surface area (Å²) >= 11 is 0. The van der Waals surface area contributed by atoms with E-state index in [1.807, 2.05) is 25.7 Å². The molecule has 0 N–H and O–H groups in total. The predicted molar refractivity (Wildman–Crippen MR) is 115 cm³/mol. The molecule has 2 aromatic heterocycles. The van der Waals surface area contributed by atoms with Gasteiger partial charge in [-0.25, -0.2) is 4.98 Å². The highest BCUT2D eigenvalue weighted by Crippen LogP contribution is 2.20. The molecule has 2 aromatic rings. The predicted octanol–water partition coefficient (Wildman–Crippen LogP) is 1.03. The number of aromatic nitrogens is 3. The molecule has 30 heavy (non-hydrogen) atoms. The monoisotopic (exact) mass is 413 g/mol. The molecule has 0 atom stereocenters. The van der Waals surface area contributed by atoms with Crippen molar-refractivity contribution in [2.75, 3.05) is 69.2 Å². The Morgan fingerprint density at radius 2 is 1.63 bits per heavy atom. The number of hydrogen-bond acceptors (Lipinski definition) is 8. The number of carbonyl (C=O) groups is 1. The quantitative estimate of drug-likeness (QED) is 0.735. The fourth-order valence-corrected chi connectivity index (χ4v) is 4.05. The van der Waals surface area contributed by atoms with Crippen LogP contribution in [0.2, 0.25) is 0 Å². The summed E-state index contributed by atoms with van der Waals surface area (Å²) in [6.07, 6.45) is 0.343. The number of likely N-dealkylation sites (N-methyl/N-ethyl adjacent to an activating group) is 1. The van der Waals surface area contributed by atoms with Crippen molar-refractivity contribution in [2.24, 2.45) is 0 Å². The van der Waals surface area contributed by atoms with E-state index >= 15 is 0 Å². The molecule has 1 amide bonds. The van der Waals surface area contributed by atoms with Gasteiger partial charge in [-0.3, -0.25) is 4.79 Å². The zero-order valence-corrected chi connectivity index (χ0v) is 18.4. The van der Waals surface area contributed by atoms with Gasteiger partial charge in [-0.2, -0.15) is 4.98 Å². The van der Waals surface area contributed by atoms with Gasteiger partial charge in [-0.1, -0.05) is 5.16 Å². The molecule has 0 aliphatic carbocycles. The Morgan fingerprint density at radius 3 is 2.27 bits per heavy atom. The number of aryl methyl sites for hydroxylation is 3. The van der Waals surface area contributed by atoms with Crippen LogP contribution >= 0.6 is 0 Å². The van der Waals surface area contributed by atoms with Crippen LogP contribution in [0.25, 0.3) is 0 Å². The molecule has 2 aliphatic heterocycles. The molecular weight excluding hydrogens is 382 g/mol. The SMILES string of the molecule is Cc1cc(N2CCN(C)CC2)nc(N2CCN(C(=O)Cc3c(C)noc3C)CC2)n1. The first-order valence-electron chi connectivity index (χ1n) is 10.6. The summed E-state index contributed by atoms with van der Waals surface area (Å²) in [5.41, 5.74) is 2.68. The molecule has 9 nitrogen and oxygen atoms in total. The van der Waals surface area contributed by atoms with Crippen molar-refractivity contribution in [1.82, 2.24) is 24.9 Å². The van der Waals surface area contributed by atoms with Crippen LogP contribution in [0.15, 0.2) is 10.6 Å². The van der Waals surface area contributed by atoms with E-state index in [0.29, 0.717) is 19.5 Å². The van der Waals surface area contributed by atoms with Crippen LogP contribution in [0.1, 0.15) is 22.7 Å². The fourth-order valence-electron chi connectivity index (χ4n) is 4.05. The van der Waals surface area contributed by atoms with Crippen LogP contribution in [-0.4, -0.2) is 90.2 Å². The lowest BCUT2D eigenvalue weighted by Crippen LogP contribution is -2.50. The highest BCUT2D eigenvalue weighted by atomic mass is 16.5. The molecule has 0 saturated carbocycles. The summed E-state index contributed by atoms with van der Waals surface area (Å²) in [5, 5.41) is 3.95. The van der Waals surface area contributed by atoms with Crippen LogP contribution in [0.4, 0.5) is 11.8 Å². The first kappa shape index (κ1) is 20.6. The number of hydrogen-bond donors (Lipinski definition) is 0. The Hall–Kier alpha value is -2.68. The maximum absolute atomic E-state index is 12.8. The van der Waals surface area contributed by atoms with Gasteiger partial charge in [0.2, 0.25) is 11.9 Å². The van der Waals surface area contributed by atoms with Gasteiger partial charge in [-0.05, 0) is 27.8 Å². The standard InChI is InChI=1S/C21H31N7O2/c1-15-13-19(26-7-5-25(4)6-8-26)23-21(22-15)28-11-9-27(10-12-28)20(29)14-18-16(2)24-30-17(18)3/h13H,5-12,14H2,1-4H3. The Balaban J connectivity index is 1.38. The molecule has 0 spiro atoms. The lowest BCUT2D eigenvalue weighted by atomic mass is 10.1. The zero-order chi connectivity index (χ0) is 21.3. The molecule has 2 saturated heterocycles. The van der Waals surface area contributed by atoms with E-state index in [1.54, 1.807) is 0 Å². The Morgan fingerprint density at radius 1 is 0.967 bits per heavy atom. The van der Waals surface area contributed by atoms with Gasteiger partial charge in [-0.15, -0.1) is 0 Å². The van der Waals surface area contributed by atoms with Crippen LogP contribution in [-0.2, 0) is 11.2 Å². The largest absolute Gasteiger partial charge is 0.361 e. The third-order valence-electron chi connectivity index (χ3n) is 6.08. The third kappa shape index (κ3) is 4.40. The van der Waals surface area contributed by atoms with E-state index in [1.165, 1.54) is 0 Å². The first-order chi connectivity index (χ1) is 14.4. The lowest BCUT2D eigenvalue weighted by Gasteiger charge is -2.36. The van der Waals surface area contributed by atoms with Crippen molar-refractivity contribution in [3.05, 3.63) is 28.8 Å². The van der Waals surface area contributed by atoms with Crippen LogP contribution in [0, 0.1) is 20.8 Å². The van der Waals surface area contributed by atoms with E-state index in [9.17, 15) is 4.79 Å². The number of anilines is 2. The number of carbonyl (C=O) groups excluding carboxylic acids is 1. The minimum atomic E-state index is 0.118. The van der Waals surface area contributed by atoms with E-state index in [2.05, 4.69) is 38.0 Å². The maximum Gasteiger partial charge on any atom is 0.227 e. The highest BCUT2D eigenvalue weighted by molar-refractivity contribution is 5.79. The lowest BCUT2D eigenvalue weighted by molar-refractivity contribution is -0.130. The molecule has 162 valence electrons. The van der Waals surface area contributed by atoms with Crippen LogP contribution < -0.4 is 9.80 Å². The molecule has 0 radical (unpaired) electrons. The molecule has 9 heteroatoms. The summed E-state index contributed by atoms with van der Waals surface area (Å²) in [6.45, 7) is 12.6. The van der Waals surface area contributed by atoms with E-state index in [0.717, 1.165) is 73.7 Å². The highest BCUT2D eigenvalue weighted by Gasteiger charge is 2.25. The van der Waals surface area contributed by atoms with Crippen LogP contribution in [0.5, 0.6) is 0 Å². The minimum Gasteiger partial charge on any atom is -0.361 e. The van der Waals surface area contributed by atoms with Crippen molar-refractivity contribution in [2.45, 2.75) is 27.2 Å². The molecular formula is C21H31N7O2. The van der Waals surface area contributed by atoms with Gasteiger partial charge >= 0.3 is 0 Å². The van der Waals surface area contributed by atoms with E-state index in [-0.39, 0.29) is 5.91 Å². The van der Waals surface area contributed by atoms with E-state index < -0.39 is 0 Å². The molecule has 0 unspecified atom stereocenters. The van der Waals surface area contributed by atoms with Gasteiger partial charge in [0.1, 0.15) is 11.6 Å². The minimum absolute atomic E-state index is 0.118. The van der Waals surface area contributed by atoms with Gasteiger partial charge in [0.05, 0.1) is 12.1 Å². The molecule has 2 fully saturated rings. The average Bonchev–Trinajstić information content (AvgIpc) is 3.06. The number of rotatable bonds is 4. The Bertz CT molecular complexity index is 877.